The third kappa shape index (κ3) is 2.16. The van der Waals surface area contributed by atoms with Crippen LogP contribution in [0.3, 0.4) is 0 Å². The van der Waals surface area contributed by atoms with Crippen LogP contribution < -0.4 is 4.74 Å². The highest BCUT2D eigenvalue weighted by Crippen LogP contribution is 2.31. The van der Waals surface area contributed by atoms with Crippen molar-refractivity contribution in [3.05, 3.63) is 36.7 Å². The zero-order valence-corrected chi connectivity index (χ0v) is 10.5. The minimum Gasteiger partial charge on any atom is -0.504 e. The molecule has 0 atom stereocenters. The maximum absolute atomic E-state index is 9.74. The van der Waals surface area contributed by atoms with Gasteiger partial charge in [0.1, 0.15) is 0 Å². The molecular weight excluding hydrogens is 260 g/mol. The Kier molecular flexibility index (Phi) is 3.00. The van der Waals surface area contributed by atoms with E-state index in [2.05, 4.69) is 20.1 Å². The summed E-state index contributed by atoms with van der Waals surface area (Å²) in [6.45, 7) is 0. The first kappa shape index (κ1) is 12.1. The fourth-order valence-corrected chi connectivity index (χ4v) is 1.67. The topological polar surface area (TPSA) is 94.2 Å². The first-order chi connectivity index (χ1) is 9.78. The zero-order chi connectivity index (χ0) is 13.9. The standard InChI is InChI=1S/C13H10N4O3/c1-19-10-4-3-8(7-9(10)18)13-16-12(17-20-13)11-14-5-2-6-15-11/h2-7,18H,1H3. The summed E-state index contributed by atoms with van der Waals surface area (Å²) >= 11 is 0. The zero-order valence-electron chi connectivity index (χ0n) is 10.5. The van der Waals surface area contributed by atoms with E-state index in [1.807, 2.05) is 0 Å². The summed E-state index contributed by atoms with van der Waals surface area (Å²) in [6, 6.07) is 6.52. The smallest absolute Gasteiger partial charge is 0.258 e. The van der Waals surface area contributed by atoms with Crippen LogP contribution in [0.2, 0.25) is 0 Å². The molecule has 100 valence electrons. The van der Waals surface area contributed by atoms with Crippen molar-refractivity contribution >= 4 is 0 Å². The Morgan fingerprint density at radius 2 is 1.95 bits per heavy atom. The highest BCUT2D eigenvalue weighted by atomic mass is 16.5. The van der Waals surface area contributed by atoms with Crippen molar-refractivity contribution in [1.82, 2.24) is 20.1 Å². The van der Waals surface area contributed by atoms with Crippen LogP contribution in [0.25, 0.3) is 23.1 Å². The van der Waals surface area contributed by atoms with Crippen LogP contribution in [-0.4, -0.2) is 32.3 Å². The second-order valence-electron chi connectivity index (χ2n) is 3.88. The third-order valence-electron chi connectivity index (χ3n) is 2.62. The highest BCUT2D eigenvalue weighted by molar-refractivity contribution is 5.60. The average molecular weight is 270 g/mol. The monoisotopic (exact) mass is 270 g/mol. The molecule has 0 spiro atoms. The fourth-order valence-electron chi connectivity index (χ4n) is 1.67. The molecule has 2 heterocycles. The summed E-state index contributed by atoms with van der Waals surface area (Å²) in [5.41, 5.74) is 0.581. The van der Waals surface area contributed by atoms with E-state index in [1.165, 1.54) is 13.2 Å². The largest absolute Gasteiger partial charge is 0.504 e. The number of nitrogens with zero attached hydrogens (tertiary/aromatic N) is 4. The van der Waals surface area contributed by atoms with Crippen molar-refractivity contribution in [2.45, 2.75) is 0 Å². The number of benzene rings is 1. The van der Waals surface area contributed by atoms with Gasteiger partial charge in [0.25, 0.3) is 5.89 Å². The second-order valence-corrected chi connectivity index (χ2v) is 3.88. The normalized spacial score (nSPS) is 10.4. The molecule has 0 saturated carbocycles. The van der Waals surface area contributed by atoms with Gasteiger partial charge < -0.3 is 14.4 Å². The van der Waals surface area contributed by atoms with Crippen LogP contribution in [0.5, 0.6) is 11.5 Å². The second kappa shape index (κ2) is 4.96. The minimum atomic E-state index is 0.000658. The Balaban J connectivity index is 1.96. The Morgan fingerprint density at radius 1 is 1.15 bits per heavy atom. The van der Waals surface area contributed by atoms with Crippen molar-refractivity contribution in [3.8, 4) is 34.6 Å². The Hall–Kier alpha value is -2.96. The number of ether oxygens (including phenoxy) is 1. The summed E-state index contributed by atoms with van der Waals surface area (Å²) in [7, 11) is 1.48. The first-order valence-corrected chi connectivity index (χ1v) is 5.76. The number of hydrogen-bond donors (Lipinski definition) is 1. The van der Waals surface area contributed by atoms with Crippen molar-refractivity contribution in [2.24, 2.45) is 0 Å². The van der Waals surface area contributed by atoms with Crippen LogP contribution in [0.15, 0.2) is 41.2 Å². The summed E-state index contributed by atoms with van der Waals surface area (Å²) < 4.78 is 10.1. The predicted octanol–water partition coefficient (Wildman–Crippen LogP) is 1.91. The first-order valence-electron chi connectivity index (χ1n) is 5.76. The molecule has 2 aromatic heterocycles. The molecule has 0 bridgehead atoms. The van der Waals surface area contributed by atoms with Crippen molar-refractivity contribution < 1.29 is 14.4 Å². The Bertz CT molecular complexity index is 727. The van der Waals surface area contributed by atoms with Gasteiger partial charge in [0, 0.05) is 18.0 Å². The number of phenolic OH excluding ortho intramolecular Hbond substituents is 1. The van der Waals surface area contributed by atoms with E-state index in [0.717, 1.165) is 0 Å². The van der Waals surface area contributed by atoms with Crippen LogP contribution in [0, 0.1) is 0 Å². The van der Waals surface area contributed by atoms with Crippen molar-refractivity contribution in [3.63, 3.8) is 0 Å². The molecule has 0 radical (unpaired) electrons. The van der Waals surface area contributed by atoms with Gasteiger partial charge >= 0.3 is 0 Å². The number of methoxy groups -OCH3 is 1. The van der Waals surface area contributed by atoms with Crippen molar-refractivity contribution in [1.29, 1.82) is 0 Å². The minimum absolute atomic E-state index is 0.000658. The molecule has 1 aromatic carbocycles. The molecule has 20 heavy (non-hydrogen) atoms. The molecule has 0 amide bonds. The molecule has 3 aromatic rings. The van der Waals surface area contributed by atoms with E-state index in [-0.39, 0.29) is 17.5 Å². The quantitative estimate of drug-likeness (QED) is 0.776. The average Bonchev–Trinajstić information content (AvgIpc) is 2.98. The van der Waals surface area contributed by atoms with Crippen LogP contribution in [0.4, 0.5) is 0 Å². The van der Waals surface area contributed by atoms with Gasteiger partial charge in [-0.25, -0.2) is 9.97 Å². The van der Waals surface area contributed by atoms with Gasteiger partial charge in [0.15, 0.2) is 11.5 Å². The lowest BCUT2D eigenvalue weighted by molar-refractivity contribution is 0.373. The van der Waals surface area contributed by atoms with E-state index in [4.69, 9.17) is 9.26 Å². The summed E-state index contributed by atoms with van der Waals surface area (Å²) in [5.74, 6) is 1.31. The fraction of sp³-hybridized carbons (Fsp3) is 0.0769. The molecule has 0 aliphatic carbocycles. The maximum Gasteiger partial charge on any atom is 0.258 e. The van der Waals surface area contributed by atoms with Gasteiger partial charge in [-0.1, -0.05) is 5.16 Å². The van der Waals surface area contributed by atoms with Gasteiger partial charge in [-0.15, -0.1) is 0 Å². The molecular formula is C13H10N4O3. The lowest BCUT2D eigenvalue weighted by Gasteiger charge is -2.03. The lowest BCUT2D eigenvalue weighted by Crippen LogP contribution is -1.88. The van der Waals surface area contributed by atoms with Gasteiger partial charge in [-0.2, -0.15) is 4.98 Å². The van der Waals surface area contributed by atoms with Crippen LogP contribution >= 0.6 is 0 Å². The molecule has 0 saturated heterocycles. The molecule has 0 fully saturated rings. The summed E-state index contributed by atoms with van der Waals surface area (Å²) in [6.07, 6.45) is 3.19. The number of rotatable bonds is 3. The molecule has 7 nitrogen and oxygen atoms in total. The van der Waals surface area contributed by atoms with E-state index in [0.29, 0.717) is 17.1 Å². The molecule has 1 N–H and O–H groups in total. The summed E-state index contributed by atoms with van der Waals surface area (Å²) in [5, 5.41) is 13.5. The van der Waals surface area contributed by atoms with Gasteiger partial charge in [0.2, 0.25) is 11.6 Å². The highest BCUT2D eigenvalue weighted by Gasteiger charge is 2.13. The van der Waals surface area contributed by atoms with E-state index < -0.39 is 0 Å². The maximum atomic E-state index is 9.74. The number of aromatic hydroxyl groups is 1. The van der Waals surface area contributed by atoms with E-state index >= 15 is 0 Å². The van der Waals surface area contributed by atoms with Crippen molar-refractivity contribution in [2.75, 3.05) is 7.11 Å². The van der Waals surface area contributed by atoms with Crippen LogP contribution in [0.1, 0.15) is 0 Å². The Morgan fingerprint density at radius 3 is 2.65 bits per heavy atom. The molecule has 3 rings (SSSR count). The molecule has 0 aliphatic heterocycles. The van der Waals surface area contributed by atoms with Gasteiger partial charge in [0.05, 0.1) is 7.11 Å². The van der Waals surface area contributed by atoms with E-state index in [9.17, 15) is 5.11 Å². The van der Waals surface area contributed by atoms with Gasteiger partial charge in [-0.05, 0) is 24.3 Å². The number of phenols is 1. The molecule has 7 heteroatoms. The molecule has 0 aliphatic rings. The van der Waals surface area contributed by atoms with Crippen LogP contribution in [-0.2, 0) is 0 Å². The predicted molar refractivity (Wildman–Crippen MR) is 69.0 cm³/mol. The number of hydrogen-bond acceptors (Lipinski definition) is 7. The number of aromatic nitrogens is 4. The molecule has 0 unspecified atom stereocenters. The SMILES string of the molecule is COc1ccc(-c2nc(-c3ncccn3)no2)cc1O. The summed E-state index contributed by atoms with van der Waals surface area (Å²) in [4.78, 5) is 12.3. The Labute approximate surface area is 113 Å². The third-order valence-corrected chi connectivity index (χ3v) is 2.62. The van der Waals surface area contributed by atoms with E-state index in [1.54, 1.807) is 30.6 Å². The van der Waals surface area contributed by atoms with Gasteiger partial charge in [-0.3, -0.25) is 0 Å². The lowest BCUT2D eigenvalue weighted by atomic mass is 10.2.